The maximum atomic E-state index is 4.02. The van der Waals surface area contributed by atoms with Crippen molar-refractivity contribution in [2.45, 2.75) is 26.7 Å². The van der Waals surface area contributed by atoms with Gasteiger partial charge in [-0.05, 0) is 47.9 Å². The highest BCUT2D eigenvalue weighted by Crippen LogP contribution is 2.37. The van der Waals surface area contributed by atoms with E-state index in [1.807, 2.05) is 0 Å². The molecule has 0 aliphatic heterocycles. The Morgan fingerprint density at radius 3 is 2.55 bits per heavy atom. The highest BCUT2D eigenvalue weighted by Gasteiger charge is 2.17. The summed E-state index contributed by atoms with van der Waals surface area (Å²) in [7, 11) is 0. The van der Waals surface area contributed by atoms with Crippen molar-refractivity contribution in [3.05, 3.63) is 33.9 Å². The molecule has 0 saturated heterocycles. The molecule has 0 amide bonds. The van der Waals surface area contributed by atoms with Gasteiger partial charge in [-0.25, -0.2) is 0 Å². The van der Waals surface area contributed by atoms with E-state index in [1.54, 1.807) is 0 Å². The van der Waals surface area contributed by atoms with Gasteiger partial charge in [0.2, 0.25) is 0 Å². The summed E-state index contributed by atoms with van der Waals surface area (Å²) in [6.45, 7) is 8.18. The fraction of sp³-hybridized carbons (Fsp3) is 0.400. The van der Waals surface area contributed by atoms with Crippen LogP contribution in [0.15, 0.2) is 33.9 Å². The molecule has 1 aliphatic carbocycles. The molecular formula is C10H13Br. The zero-order chi connectivity index (χ0) is 8.43. The van der Waals surface area contributed by atoms with Crippen LogP contribution in [0.3, 0.4) is 0 Å². The summed E-state index contributed by atoms with van der Waals surface area (Å²) < 4.78 is 1.25. The van der Waals surface area contributed by atoms with Crippen LogP contribution in [0.1, 0.15) is 26.7 Å². The van der Waals surface area contributed by atoms with Crippen molar-refractivity contribution >= 4 is 15.9 Å². The third kappa shape index (κ3) is 1.64. The summed E-state index contributed by atoms with van der Waals surface area (Å²) in [5, 5.41) is 0. The van der Waals surface area contributed by atoms with Gasteiger partial charge in [0.25, 0.3) is 0 Å². The van der Waals surface area contributed by atoms with Crippen LogP contribution < -0.4 is 0 Å². The van der Waals surface area contributed by atoms with Gasteiger partial charge in [-0.3, -0.25) is 0 Å². The maximum absolute atomic E-state index is 4.02. The molecule has 0 heterocycles. The topological polar surface area (TPSA) is 0 Å². The summed E-state index contributed by atoms with van der Waals surface area (Å²) >= 11 is 3.51. The quantitative estimate of drug-likeness (QED) is 0.571. The SMILES string of the molecule is C=C1CCC(=C(C)Br)C1=CC. The Bertz CT molecular complexity index is 240. The molecule has 1 rings (SSSR count). The average Bonchev–Trinajstić information content (AvgIpc) is 2.30. The molecule has 0 nitrogen and oxygen atoms in total. The van der Waals surface area contributed by atoms with E-state index < -0.39 is 0 Å². The van der Waals surface area contributed by atoms with Crippen molar-refractivity contribution in [1.29, 1.82) is 0 Å². The third-order valence-electron chi connectivity index (χ3n) is 2.09. The summed E-state index contributed by atoms with van der Waals surface area (Å²) in [5.74, 6) is 0. The first-order valence-corrected chi connectivity index (χ1v) is 4.66. The number of hydrogen-bond donors (Lipinski definition) is 0. The van der Waals surface area contributed by atoms with E-state index in [1.165, 1.54) is 21.2 Å². The molecule has 1 heteroatoms. The minimum absolute atomic E-state index is 1.12. The first-order chi connectivity index (χ1) is 5.16. The molecular weight excluding hydrogens is 200 g/mol. The monoisotopic (exact) mass is 212 g/mol. The van der Waals surface area contributed by atoms with Gasteiger partial charge in [-0.15, -0.1) is 0 Å². The zero-order valence-electron chi connectivity index (χ0n) is 7.08. The Kier molecular flexibility index (Phi) is 2.72. The molecule has 0 bridgehead atoms. The highest BCUT2D eigenvalue weighted by molar-refractivity contribution is 9.11. The van der Waals surface area contributed by atoms with E-state index in [2.05, 4.69) is 42.4 Å². The van der Waals surface area contributed by atoms with Gasteiger partial charge in [0, 0.05) is 0 Å². The third-order valence-corrected chi connectivity index (χ3v) is 2.57. The Balaban J connectivity index is 3.06. The van der Waals surface area contributed by atoms with Crippen LogP contribution in [0.2, 0.25) is 0 Å². The second-order valence-corrected chi connectivity index (χ2v) is 4.01. The van der Waals surface area contributed by atoms with Crippen LogP contribution >= 0.6 is 15.9 Å². The fourth-order valence-corrected chi connectivity index (χ4v) is 1.91. The minimum Gasteiger partial charge on any atom is -0.0952 e. The Morgan fingerprint density at radius 2 is 2.18 bits per heavy atom. The van der Waals surface area contributed by atoms with Crippen LogP contribution in [-0.4, -0.2) is 0 Å². The number of halogens is 1. The maximum Gasteiger partial charge on any atom is -0.00423 e. The standard InChI is InChI=1S/C10H13Br/c1-4-9-7(2)5-6-10(9)8(3)11/h4H,2,5-6H2,1,3H3. The lowest BCUT2D eigenvalue weighted by Gasteiger charge is -2.01. The molecule has 0 aromatic heterocycles. The van der Waals surface area contributed by atoms with Crippen molar-refractivity contribution in [1.82, 2.24) is 0 Å². The Labute approximate surface area is 76.8 Å². The Hall–Kier alpha value is -0.300. The first-order valence-electron chi connectivity index (χ1n) is 3.87. The van der Waals surface area contributed by atoms with Crippen LogP contribution in [-0.2, 0) is 0 Å². The van der Waals surface area contributed by atoms with Gasteiger partial charge in [0.05, 0.1) is 0 Å². The van der Waals surface area contributed by atoms with Crippen LogP contribution in [0.25, 0.3) is 0 Å². The van der Waals surface area contributed by atoms with Gasteiger partial charge in [-0.1, -0.05) is 28.6 Å². The molecule has 0 unspecified atom stereocenters. The van der Waals surface area contributed by atoms with Gasteiger partial charge in [0.15, 0.2) is 0 Å². The molecule has 60 valence electrons. The van der Waals surface area contributed by atoms with Gasteiger partial charge >= 0.3 is 0 Å². The van der Waals surface area contributed by atoms with Crippen LogP contribution in [0.5, 0.6) is 0 Å². The van der Waals surface area contributed by atoms with E-state index in [4.69, 9.17) is 0 Å². The van der Waals surface area contributed by atoms with Crippen molar-refractivity contribution in [3.63, 3.8) is 0 Å². The lowest BCUT2D eigenvalue weighted by molar-refractivity contribution is 1.05. The van der Waals surface area contributed by atoms with Crippen LogP contribution in [0, 0.1) is 0 Å². The zero-order valence-corrected chi connectivity index (χ0v) is 8.66. The molecule has 1 fully saturated rings. The predicted molar refractivity (Wildman–Crippen MR) is 53.8 cm³/mol. The van der Waals surface area contributed by atoms with Crippen molar-refractivity contribution in [2.24, 2.45) is 0 Å². The molecule has 11 heavy (non-hydrogen) atoms. The molecule has 1 saturated carbocycles. The molecule has 0 N–H and O–H groups in total. The number of rotatable bonds is 0. The van der Waals surface area contributed by atoms with Gasteiger partial charge < -0.3 is 0 Å². The second kappa shape index (κ2) is 3.40. The summed E-state index contributed by atoms with van der Waals surface area (Å²) in [6.07, 6.45) is 4.42. The van der Waals surface area contributed by atoms with E-state index in [9.17, 15) is 0 Å². The number of hydrogen-bond acceptors (Lipinski definition) is 0. The van der Waals surface area contributed by atoms with Crippen molar-refractivity contribution in [3.8, 4) is 0 Å². The van der Waals surface area contributed by atoms with E-state index in [0.717, 1.165) is 12.8 Å². The van der Waals surface area contributed by atoms with Crippen molar-refractivity contribution < 1.29 is 0 Å². The normalized spacial score (nSPS) is 26.5. The fourth-order valence-electron chi connectivity index (χ4n) is 1.49. The largest absolute Gasteiger partial charge is 0.0952 e. The molecule has 0 radical (unpaired) electrons. The second-order valence-electron chi connectivity index (χ2n) is 2.82. The molecule has 0 aromatic rings. The molecule has 0 atom stereocenters. The molecule has 0 spiro atoms. The van der Waals surface area contributed by atoms with Crippen molar-refractivity contribution in [2.75, 3.05) is 0 Å². The van der Waals surface area contributed by atoms with Gasteiger partial charge in [0.1, 0.15) is 0 Å². The van der Waals surface area contributed by atoms with Gasteiger partial charge in [-0.2, -0.15) is 0 Å². The van der Waals surface area contributed by atoms with Crippen LogP contribution in [0.4, 0.5) is 0 Å². The summed E-state index contributed by atoms with van der Waals surface area (Å²) in [4.78, 5) is 0. The van der Waals surface area contributed by atoms with E-state index in [-0.39, 0.29) is 0 Å². The summed E-state index contributed by atoms with van der Waals surface area (Å²) in [6, 6.07) is 0. The summed E-state index contributed by atoms with van der Waals surface area (Å²) in [5.41, 5.74) is 4.05. The minimum atomic E-state index is 1.12. The molecule has 0 aromatic carbocycles. The highest BCUT2D eigenvalue weighted by atomic mass is 79.9. The molecule has 1 aliphatic rings. The van der Waals surface area contributed by atoms with E-state index in [0.29, 0.717) is 0 Å². The smallest absolute Gasteiger partial charge is 0.00423 e. The predicted octanol–water partition coefficient (Wildman–Crippen LogP) is 3.95. The van der Waals surface area contributed by atoms with E-state index >= 15 is 0 Å². The Morgan fingerprint density at radius 1 is 1.55 bits per heavy atom. The lowest BCUT2D eigenvalue weighted by atomic mass is 10.1. The first kappa shape index (κ1) is 8.79. The average molecular weight is 213 g/mol. The lowest BCUT2D eigenvalue weighted by Crippen LogP contribution is -1.80. The number of allylic oxidation sites excluding steroid dienone is 5.